The minimum atomic E-state index is 0.796. The third kappa shape index (κ3) is 1.81. The monoisotopic (exact) mass is 261 g/mol. The van der Waals surface area contributed by atoms with Crippen molar-refractivity contribution in [3.05, 3.63) is 27.8 Å². The molecule has 0 fully saturated rings. The van der Waals surface area contributed by atoms with Gasteiger partial charge in [-0.3, -0.25) is 0 Å². The van der Waals surface area contributed by atoms with Crippen LogP contribution >= 0.6 is 22.7 Å². The van der Waals surface area contributed by atoms with Crippen LogP contribution in [0.2, 0.25) is 0 Å². The summed E-state index contributed by atoms with van der Waals surface area (Å²) >= 11 is 3.37. The van der Waals surface area contributed by atoms with E-state index in [1.165, 1.54) is 4.88 Å². The number of hydrogen-bond donors (Lipinski definition) is 1. The van der Waals surface area contributed by atoms with Gasteiger partial charge in [-0.2, -0.15) is 11.3 Å². The Kier molecular flexibility index (Phi) is 2.57. The SMILES string of the molecule is CNc1nc(-c2ccsc2)nc2sc(C)cc12. The first-order valence-electron chi connectivity index (χ1n) is 5.26. The number of rotatable bonds is 2. The Bertz CT molecular complexity index is 656. The van der Waals surface area contributed by atoms with E-state index in [-0.39, 0.29) is 0 Å². The third-order valence-corrected chi connectivity index (χ3v) is 4.16. The van der Waals surface area contributed by atoms with Crippen molar-refractivity contribution in [1.29, 1.82) is 0 Å². The number of hydrogen-bond acceptors (Lipinski definition) is 5. The Morgan fingerprint density at radius 1 is 1.29 bits per heavy atom. The van der Waals surface area contributed by atoms with Crippen molar-refractivity contribution >= 4 is 38.7 Å². The summed E-state index contributed by atoms with van der Waals surface area (Å²) in [6.45, 7) is 2.09. The van der Waals surface area contributed by atoms with E-state index in [1.54, 1.807) is 22.7 Å². The smallest absolute Gasteiger partial charge is 0.163 e. The predicted octanol–water partition coefficient (Wildman–Crippen LogP) is 3.77. The summed E-state index contributed by atoms with van der Waals surface area (Å²) in [5.41, 5.74) is 1.08. The average Bonchev–Trinajstić information content (AvgIpc) is 2.94. The van der Waals surface area contributed by atoms with Crippen LogP contribution in [0.15, 0.2) is 22.9 Å². The minimum Gasteiger partial charge on any atom is -0.372 e. The van der Waals surface area contributed by atoms with E-state index < -0.39 is 0 Å². The Morgan fingerprint density at radius 2 is 2.18 bits per heavy atom. The largest absolute Gasteiger partial charge is 0.372 e. The van der Waals surface area contributed by atoms with Gasteiger partial charge in [0, 0.05) is 22.9 Å². The van der Waals surface area contributed by atoms with Crippen molar-refractivity contribution in [2.45, 2.75) is 6.92 Å². The van der Waals surface area contributed by atoms with Crippen LogP contribution < -0.4 is 5.32 Å². The average molecular weight is 261 g/mol. The number of aryl methyl sites for hydroxylation is 1. The van der Waals surface area contributed by atoms with E-state index >= 15 is 0 Å². The highest BCUT2D eigenvalue weighted by Crippen LogP contribution is 2.31. The fourth-order valence-corrected chi connectivity index (χ4v) is 3.27. The Hall–Kier alpha value is -1.46. The maximum atomic E-state index is 4.62. The van der Waals surface area contributed by atoms with Crippen molar-refractivity contribution in [1.82, 2.24) is 9.97 Å². The van der Waals surface area contributed by atoms with E-state index in [1.807, 2.05) is 18.5 Å². The summed E-state index contributed by atoms with van der Waals surface area (Å²) in [4.78, 5) is 11.5. The second-order valence-electron chi connectivity index (χ2n) is 3.73. The van der Waals surface area contributed by atoms with Gasteiger partial charge < -0.3 is 5.32 Å². The zero-order valence-corrected chi connectivity index (χ0v) is 11.2. The fourth-order valence-electron chi connectivity index (χ4n) is 1.75. The molecule has 0 aliphatic rings. The molecule has 0 aliphatic carbocycles. The fraction of sp³-hybridized carbons (Fsp3) is 0.167. The van der Waals surface area contributed by atoms with Crippen molar-refractivity contribution in [2.24, 2.45) is 0 Å². The zero-order valence-electron chi connectivity index (χ0n) is 9.52. The van der Waals surface area contributed by atoms with Crippen molar-refractivity contribution in [2.75, 3.05) is 12.4 Å². The molecule has 0 amide bonds. The van der Waals surface area contributed by atoms with Crippen molar-refractivity contribution < 1.29 is 0 Å². The molecule has 17 heavy (non-hydrogen) atoms. The zero-order chi connectivity index (χ0) is 11.8. The van der Waals surface area contributed by atoms with Gasteiger partial charge in [-0.05, 0) is 24.4 Å². The van der Waals surface area contributed by atoms with Crippen molar-refractivity contribution in [3.8, 4) is 11.4 Å². The van der Waals surface area contributed by atoms with Gasteiger partial charge in [0.15, 0.2) is 5.82 Å². The van der Waals surface area contributed by atoms with Crippen LogP contribution in [0.1, 0.15) is 4.88 Å². The maximum absolute atomic E-state index is 4.62. The van der Waals surface area contributed by atoms with Gasteiger partial charge in [-0.25, -0.2) is 9.97 Å². The van der Waals surface area contributed by atoms with Gasteiger partial charge >= 0.3 is 0 Å². The first-order chi connectivity index (χ1) is 8.28. The molecular formula is C12H11N3S2. The van der Waals surface area contributed by atoms with Gasteiger partial charge in [0.05, 0.1) is 5.39 Å². The number of nitrogens with one attached hydrogen (secondary N) is 1. The molecule has 3 heterocycles. The highest BCUT2D eigenvalue weighted by molar-refractivity contribution is 7.18. The van der Waals surface area contributed by atoms with Crippen LogP contribution in [0.5, 0.6) is 0 Å². The summed E-state index contributed by atoms with van der Waals surface area (Å²) < 4.78 is 0. The van der Waals surface area contributed by atoms with Crippen LogP contribution in [0, 0.1) is 6.92 Å². The first kappa shape index (κ1) is 10.7. The number of anilines is 1. The lowest BCUT2D eigenvalue weighted by atomic mass is 10.3. The Balaban J connectivity index is 2.28. The second kappa shape index (κ2) is 4.09. The quantitative estimate of drug-likeness (QED) is 0.763. The van der Waals surface area contributed by atoms with Gasteiger partial charge in [-0.1, -0.05) is 0 Å². The molecule has 0 radical (unpaired) electrons. The van der Waals surface area contributed by atoms with E-state index in [0.29, 0.717) is 0 Å². The molecule has 5 heteroatoms. The standard InChI is InChI=1S/C12H11N3S2/c1-7-5-9-11(13-2)14-10(15-12(9)17-7)8-3-4-16-6-8/h3-6H,1-2H3,(H,13,14,15). The predicted molar refractivity (Wildman–Crippen MR) is 75.0 cm³/mol. The molecule has 86 valence electrons. The number of fused-ring (bicyclic) bond motifs is 1. The first-order valence-corrected chi connectivity index (χ1v) is 7.02. The molecule has 1 N–H and O–H groups in total. The lowest BCUT2D eigenvalue weighted by molar-refractivity contribution is 1.23. The molecule has 0 bridgehead atoms. The highest BCUT2D eigenvalue weighted by atomic mass is 32.1. The van der Waals surface area contributed by atoms with Crippen LogP contribution in [-0.4, -0.2) is 17.0 Å². The second-order valence-corrected chi connectivity index (χ2v) is 5.75. The van der Waals surface area contributed by atoms with E-state index in [9.17, 15) is 0 Å². The summed E-state index contributed by atoms with van der Waals surface area (Å²) in [5, 5.41) is 8.36. The Labute approximate surface area is 107 Å². The normalized spacial score (nSPS) is 10.9. The lowest BCUT2D eigenvalue weighted by Crippen LogP contribution is -1.96. The number of thiophene rings is 2. The summed E-state index contributed by atoms with van der Waals surface area (Å²) in [5.74, 6) is 1.70. The van der Waals surface area contributed by atoms with Gasteiger partial charge in [0.2, 0.25) is 0 Å². The molecule has 0 atom stereocenters. The van der Waals surface area contributed by atoms with Crippen LogP contribution in [0.3, 0.4) is 0 Å². The highest BCUT2D eigenvalue weighted by Gasteiger charge is 2.10. The van der Waals surface area contributed by atoms with Crippen LogP contribution in [0.4, 0.5) is 5.82 Å². The molecule has 0 saturated heterocycles. The topological polar surface area (TPSA) is 37.8 Å². The third-order valence-electron chi connectivity index (χ3n) is 2.53. The van der Waals surface area contributed by atoms with E-state index in [2.05, 4.69) is 33.7 Å². The molecule has 3 nitrogen and oxygen atoms in total. The Morgan fingerprint density at radius 3 is 2.88 bits per heavy atom. The summed E-state index contributed by atoms with van der Waals surface area (Å²) in [6.07, 6.45) is 0. The van der Waals surface area contributed by atoms with E-state index in [0.717, 1.165) is 27.4 Å². The van der Waals surface area contributed by atoms with Crippen molar-refractivity contribution in [3.63, 3.8) is 0 Å². The molecule has 0 aliphatic heterocycles. The minimum absolute atomic E-state index is 0.796. The number of aromatic nitrogens is 2. The maximum Gasteiger partial charge on any atom is 0.163 e. The molecule has 0 aromatic carbocycles. The number of nitrogens with zero attached hydrogens (tertiary/aromatic N) is 2. The molecule has 3 aromatic heterocycles. The summed E-state index contributed by atoms with van der Waals surface area (Å²) in [7, 11) is 1.90. The molecule has 0 spiro atoms. The lowest BCUT2D eigenvalue weighted by Gasteiger charge is -2.03. The summed E-state index contributed by atoms with van der Waals surface area (Å²) in [6, 6.07) is 4.18. The van der Waals surface area contributed by atoms with Gasteiger partial charge in [-0.15, -0.1) is 11.3 Å². The van der Waals surface area contributed by atoms with Crippen LogP contribution in [0.25, 0.3) is 21.6 Å². The van der Waals surface area contributed by atoms with E-state index in [4.69, 9.17) is 0 Å². The molecule has 3 rings (SSSR count). The molecular weight excluding hydrogens is 250 g/mol. The van der Waals surface area contributed by atoms with Crippen LogP contribution in [-0.2, 0) is 0 Å². The molecule has 0 saturated carbocycles. The van der Waals surface area contributed by atoms with Gasteiger partial charge in [0.1, 0.15) is 10.6 Å². The van der Waals surface area contributed by atoms with Gasteiger partial charge in [0.25, 0.3) is 0 Å². The molecule has 0 unspecified atom stereocenters. The molecule has 3 aromatic rings.